The minimum atomic E-state index is -0.486. The molecule has 0 spiro atoms. The summed E-state index contributed by atoms with van der Waals surface area (Å²) >= 11 is 0. The maximum absolute atomic E-state index is 14.2. The van der Waals surface area contributed by atoms with Gasteiger partial charge in [0, 0.05) is 35.3 Å². The highest BCUT2D eigenvalue weighted by Crippen LogP contribution is 2.26. The van der Waals surface area contributed by atoms with E-state index in [0.29, 0.717) is 33.9 Å². The van der Waals surface area contributed by atoms with Crippen LogP contribution in [0.2, 0.25) is 0 Å². The third kappa shape index (κ3) is 4.77. The van der Waals surface area contributed by atoms with E-state index in [2.05, 4.69) is 27.2 Å². The highest BCUT2D eigenvalue weighted by Gasteiger charge is 2.23. The molecular formula is C33H31N5O2. The lowest BCUT2D eigenvalue weighted by Gasteiger charge is -2.21. The van der Waals surface area contributed by atoms with Gasteiger partial charge in [-0.25, -0.2) is 9.50 Å². The highest BCUT2D eigenvalue weighted by molar-refractivity contribution is 6.01. The molecule has 3 aromatic heterocycles. The molecule has 1 saturated carbocycles. The number of fused-ring (bicyclic) bond motifs is 2. The van der Waals surface area contributed by atoms with Crippen molar-refractivity contribution in [3.63, 3.8) is 0 Å². The van der Waals surface area contributed by atoms with Crippen molar-refractivity contribution in [1.29, 1.82) is 0 Å². The molecule has 0 aliphatic heterocycles. The topological polar surface area (TPSA) is 81.3 Å². The summed E-state index contributed by atoms with van der Waals surface area (Å²) in [5.41, 5.74) is 3.50. The van der Waals surface area contributed by atoms with Crippen LogP contribution in [0.25, 0.3) is 22.1 Å². The van der Waals surface area contributed by atoms with Crippen LogP contribution in [0, 0.1) is 24.7 Å². The zero-order valence-electron chi connectivity index (χ0n) is 22.7. The van der Waals surface area contributed by atoms with Gasteiger partial charge in [0.1, 0.15) is 5.56 Å². The van der Waals surface area contributed by atoms with Crippen LogP contribution in [0.15, 0.2) is 77.9 Å². The van der Waals surface area contributed by atoms with Crippen LogP contribution in [0.3, 0.4) is 0 Å². The number of nitrogens with zero attached hydrogens (tertiary/aromatic N) is 4. The van der Waals surface area contributed by atoms with Crippen LogP contribution in [0.1, 0.15) is 72.4 Å². The summed E-state index contributed by atoms with van der Waals surface area (Å²) in [6, 6.07) is 18.6. The zero-order valence-corrected chi connectivity index (χ0v) is 22.7. The fourth-order valence-corrected chi connectivity index (χ4v) is 5.68. The molecule has 1 atom stereocenters. The van der Waals surface area contributed by atoms with E-state index in [1.54, 1.807) is 34.5 Å². The van der Waals surface area contributed by atoms with E-state index < -0.39 is 6.04 Å². The first kappa shape index (κ1) is 25.6. The Balaban J connectivity index is 1.45. The number of carbonyl (C=O) groups is 1. The van der Waals surface area contributed by atoms with Gasteiger partial charge in [-0.3, -0.25) is 14.2 Å². The van der Waals surface area contributed by atoms with Crippen LogP contribution in [0.5, 0.6) is 0 Å². The van der Waals surface area contributed by atoms with Crippen LogP contribution in [-0.4, -0.2) is 25.1 Å². The summed E-state index contributed by atoms with van der Waals surface area (Å²) in [7, 11) is 0. The van der Waals surface area contributed by atoms with Crippen LogP contribution in [-0.2, 0) is 0 Å². The van der Waals surface area contributed by atoms with Gasteiger partial charge < -0.3 is 5.32 Å². The van der Waals surface area contributed by atoms with E-state index >= 15 is 0 Å². The van der Waals surface area contributed by atoms with Crippen molar-refractivity contribution < 1.29 is 4.79 Å². The van der Waals surface area contributed by atoms with E-state index in [1.165, 1.54) is 19.3 Å². The van der Waals surface area contributed by atoms with Crippen molar-refractivity contribution in [3.05, 3.63) is 106 Å². The van der Waals surface area contributed by atoms with E-state index in [9.17, 15) is 9.59 Å². The Morgan fingerprint density at radius 1 is 1.05 bits per heavy atom. The van der Waals surface area contributed by atoms with Crippen molar-refractivity contribution in [2.24, 2.45) is 5.92 Å². The fraction of sp³-hybridized carbons (Fsp3) is 0.273. The van der Waals surface area contributed by atoms with E-state index in [0.717, 1.165) is 29.5 Å². The van der Waals surface area contributed by atoms with E-state index in [1.807, 2.05) is 61.5 Å². The quantitative estimate of drug-likeness (QED) is 0.300. The largest absolute Gasteiger partial charge is 0.344 e. The average molecular weight is 530 g/mol. The first-order chi connectivity index (χ1) is 19.5. The van der Waals surface area contributed by atoms with Gasteiger partial charge >= 0.3 is 0 Å². The molecule has 40 heavy (non-hydrogen) atoms. The molecule has 5 aromatic rings. The third-order valence-corrected chi connectivity index (χ3v) is 7.69. The molecule has 7 heteroatoms. The number of hydrogen-bond acceptors (Lipinski definition) is 4. The lowest BCUT2D eigenvalue weighted by atomic mass is 9.89. The average Bonchev–Trinajstić information content (AvgIpc) is 3.32. The van der Waals surface area contributed by atoms with Crippen LogP contribution < -0.4 is 10.9 Å². The second-order valence-electron chi connectivity index (χ2n) is 10.5. The number of carbonyl (C=O) groups excluding carboxylic acids is 1. The predicted molar refractivity (Wildman–Crippen MR) is 157 cm³/mol. The summed E-state index contributed by atoms with van der Waals surface area (Å²) in [4.78, 5) is 32.1. The molecular weight excluding hydrogens is 498 g/mol. The summed E-state index contributed by atoms with van der Waals surface area (Å²) in [5.74, 6) is 6.89. The predicted octanol–water partition coefficient (Wildman–Crippen LogP) is 5.76. The van der Waals surface area contributed by atoms with Gasteiger partial charge in [-0.05, 0) is 62.4 Å². The molecule has 0 bridgehead atoms. The lowest BCUT2D eigenvalue weighted by Crippen LogP contribution is -2.32. The Kier molecular flexibility index (Phi) is 6.91. The monoisotopic (exact) mass is 529 g/mol. The van der Waals surface area contributed by atoms with Gasteiger partial charge in [-0.15, -0.1) is 0 Å². The van der Waals surface area contributed by atoms with E-state index in [-0.39, 0.29) is 11.5 Å². The van der Waals surface area contributed by atoms with Crippen LogP contribution in [0.4, 0.5) is 0 Å². The van der Waals surface area contributed by atoms with Gasteiger partial charge in [0.05, 0.1) is 17.1 Å². The molecule has 7 nitrogen and oxygen atoms in total. The van der Waals surface area contributed by atoms with Crippen molar-refractivity contribution in [3.8, 4) is 17.5 Å². The second kappa shape index (κ2) is 10.8. The minimum absolute atomic E-state index is 0.151. The molecule has 0 saturated heterocycles. The molecule has 1 aliphatic rings. The molecule has 2 aromatic carbocycles. The number of benzene rings is 2. The van der Waals surface area contributed by atoms with Crippen LogP contribution >= 0.6 is 0 Å². The Morgan fingerprint density at radius 2 is 1.85 bits per heavy atom. The fourth-order valence-electron chi connectivity index (χ4n) is 5.68. The van der Waals surface area contributed by atoms with Gasteiger partial charge in [0.25, 0.3) is 11.5 Å². The molecule has 1 amide bonds. The molecule has 1 N–H and O–H groups in total. The molecule has 1 fully saturated rings. The molecule has 0 unspecified atom stereocenters. The Labute approximate surface area is 232 Å². The summed E-state index contributed by atoms with van der Waals surface area (Å²) < 4.78 is 3.29. The van der Waals surface area contributed by atoms with Crippen molar-refractivity contribution in [2.75, 3.05) is 0 Å². The number of rotatable bonds is 4. The lowest BCUT2D eigenvalue weighted by molar-refractivity contribution is 0.0939. The maximum atomic E-state index is 14.2. The molecule has 6 rings (SSSR count). The smallest absolute Gasteiger partial charge is 0.264 e. The third-order valence-electron chi connectivity index (χ3n) is 7.69. The highest BCUT2D eigenvalue weighted by atomic mass is 16.2. The molecule has 3 heterocycles. The van der Waals surface area contributed by atoms with Gasteiger partial charge in [-0.1, -0.05) is 61.4 Å². The van der Waals surface area contributed by atoms with Crippen molar-refractivity contribution in [1.82, 2.24) is 24.5 Å². The summed E-state index contributed by atoms with van der Waals surface area (Å²) in [6.07, 6.45) is 9.35. The Morgan fingerprint density at radius 3 is 2.65 bits per heavy atom. The SMILES string of the molecule is Cc1nn2cccnc2c1C(=O)N[C@@H](C)c1cc2cccc(C#CC3CCCCC3)c2c(=O)n1-c1ccccc1. The van der Waals surface area contributed by atoms with Crippen molar-refractivity contribution in [2.45, 2.75) is 52.0 Å². The minimum Gasteiger partial charge on any atom is -0.344 e. The standard InChI is InChI=1S/C33H31N5O2/c1-22(35-32(39)29-23(2)36-37-20-10-19-34-31(29)37)28-21-26-14-9-13-25(18-17-24-11-5-3-6-12-24)30(26)33(40)38(28)27-15-7-4-8-16-27/h4,7-10,13-16,19-22,24H,3,5-6,11-12H2,1-2H3,(H,35,39)/t22-/m0/s1. The van der Waals surface area contributed by atoms with Gasteiger partial charge in [0.2, 0.25) is 0 Å². The number of para-hydroxylation sites is 1. The number of hydrogen-bond donors (Lipinski definition) is 1. The summed E-state index contributed by atoms with van der Waals surface area (Å²) in [5, 5.41) is 8.92. The maximum Gasteiger partial charge on any atom is 0.264 e. The first-order valence-corrected chi connectivity index (χ1v) is 13.9. The first-order valence-electron chi connectivity index (χ1n) is 13.9. The Hall–Kier alpha value is -4.70. The molecule has 200 valence electrons. The van der Waals surface area contributed by atoms with Crippen molar-refractivity contribution >= 4 is 22.3 Å². The number of nitrogens with one attached hydrogen (secondary N) is 1. The Bertz CT molecular complexity index is 1840. The van der Waals surface area contributed by atoms with Gasteiger partial charge in [0.15, 0.2) is 5.65 Å². The number of amides is 1. The van der Waals surface area contributed by atoms with E-state index in [4.69, 9.17) is 0 Å². The molecule has 0 radical (unpaired) electrons. The normalized spacial score (nSPS) is 14.6. The number of aryl methyl sites for hydroxylation is 1. The second-order valence-corrected chi connectivity index (χ2v) is 10.5. The number of aromatic nitrogens is 4. The van der Waals surface area contributed by atoms with Gasteiger partial charge in [-0.2, -0.15) is 5.10 Å². The zero-order chi connectivity index (χ0) is 27.6. The number of pyridine rings is 1. The summed E-state index contributed by atoms with van der Waals surface area (Å²) in [6.45, 7) is 3.68. The molecule has 1 aliphatic carbocycles.